The normalized spacial score (nSPS) is 11.2. The van der Waals surface area contributed by atoms with Crippen molar-refractivity contribution in [2.75, 3.05) is 4.90 Å². The zero-order valence-corrected chi connectivity index (χ0v) is 27.5. The van der Waals surface area contributed by atoms with Crippen LogP contribution in [0.1, 0.15) is 0 Å². The molecule has 0 bridgehead atoms. The highest BCUT2D eigenvalue weighted by Gasteiger charge is 2.21. The van der Waals surface area contributed by atoms with Crippen LogP contribution in [0.4, 0.5) is 17.1 Å². The predicted molar refractivity (Wildman–Crippen MR) is 212 cm³/mol. The maximum Gasteiger partial charge on any atom is 0.0562 e. The van der Waals surface area contributed by atoms with E-state index in [0.717, 1.165) is 22.7 Å². The van der Waals surface area contributed by atoms with Crippen LogP contribution in [0.3, 0.4) is 0 Å². The number of para-hydroxylation sites is 2. The monoisotopic (exact) mass is 638 g/mol. The lowest BCUT2D eigenvalue weighted by atomic mass is 10.00. The molecule has 0 spiro atoms. The van der Waals surface area contributed by atoms with Crippen molar-refractivity contribution in [3.05, 3.63) is 206 Å². The molecule has 50 heavy (non-hydrogen) atoms. The molecule has 0 unspecified atom stereocenters. The van der Waals surface area contributed by atoms with Gasteiger partial charge in [0.05, 0.1) is 16.7 Å². The number of nitrogens with zero attached hydrogens (tertiary/aromatic N) is 2. The highest BCUT2D eigenvalue weighted by Crippen LogP contribution is 2.44. The fourth-order valence-electron chi connectivity index (χ4n) is 7.19. The van der Waals surface area contributed by atoms with Crippen molar-refractivity contribution in [2.24, 2.45) is 0 Å². The van der Waals surface area contributed by atoms with Gasteiger partial charge in [0.15, 0.2) is 0 Å². The maximum absolute atomic E-state index is 2.40. The predicted octanol–water partition coefficient (Wildman–Crippen LogP) is 13.3. The molecule has 0 aliphatic rings. The lowest BCUT2D eigenvalue weighted by Crippen LogP contribution is -2.10. The van der Waals surface area contributed by atoms with Crippen LogP contribution >= 0.6 is 0 Å². The molecule has 9 rings (SSSR count). The van der Waals surface area contributed by atoms with Crippen molar-refractivity contribution in [1.29, 1.82) is 0 Å². The number of benzene rings is 8. The largest absolute Gasteiger partial charge is 0.310 e. The molecule has 0 aliphatic carbocycles. The number of hydrogen-bond donors (Lipinski definition) is 0. The van der Waals surface area contributed by atoms with Crippen LogP contribution in [-0.4, -0.2) is 4.57 Å². The van der Waals surface area contributed by atoms with E-state index >= 15 is 0 Å². The van der Waals surface area contributed by atoms with Gasteiger partial charge in [-0.2, -0.15) is 0 Å². The lowest BCUT2D eigenvalue weighted by molar-refractivity contribution is 1.18. The van der Waals surface area contributed by atoms with E-state index in [1.165, 1.54) is 55.2 Å². The summed E-state index contributed by atoms with van der Waals surface area (Å²) in [6.07, 6.45) is 0. The van der Waals surface area contributed by atoms with Crippen LogP contribution in [0.2, 0.25) is 0 Å². The highest BCUT2D eigenvalue weighted by molar-refractivity contribution is 6.16. The maximum atomic E-state index is 2.40. The molecule has 0 saturated carbocycles. The Labute approximate surface area is 292 Å². The first-order valence-electron chi connectivity index (χ1n) is 17.1. The molecule has 0 N–H and O–H groups in total. The van der Waals surface area contributed by atoms with Gasteiger partial charge in [0, 0.05) is 27.8 Å². The summed E-state index contributed by atoms with van der Waals surface area (Å²) in [5.74, 6) is 0. The Morgan fingerprint density at radius 3 is 1.30 bits per heavy atom. The summed E-state index contributed by atoms with van der Waals surface area (Å²) in [5.41, 5.74) is 14.1. The molecule has 0 radical (unpaired) electrons. The van der Waals surface area contributed by atoms with E-state index in [2.05, 4.69) is 216 Å². The number of anilines is 3. The molecule has 0 fully saturated rings. The number of aromatic nitrogens is 1. The molecule has 1 aromatic heterocycles. The molecule has 8 aromatic carbocycles. The Bertz CT molecular complexity index is 2530. The molecule has 0 aliphatic heterocycles. The zero-order chi connectivity index (χ0) is 33.3. The third-order valence-corrected chi connectivity index (χ3v) is 9.61. The Hall–Kier alpha value is -6.64. The minimum absolute atomic E-state index is 1.11. The minimum atomic E-state index is 1.11. The van der Waals surface area contributed by atoms with Gasteiger partial charge in [0.25, 0.3) is 0 Å². The van der Waals surface area contributed by atoms with E-state index in [4.69, 9.17) is 0 Å². The first-order chi connectivity index (χ1) is 24.8. The molecule has 0 saturated heterocycles. The van der Waals surface area contributed by atoms with Crippen molar-refractivity contribution >= 4 is 38.9 Å². The molecule has 236 valence electrons. The van der Waals surface area contributed by atoms with E-state index in [1.807, 2.05) is 0 Å². The van der Waals surface area contributed by atoms with Crippen LogP contribution < -0.4 is 4.90 Å². The summed E-state index contributed by atoms with van der Waals surface area (Å²) in [6, 6.07) is 74.0. The Kier molecular flexibility index (Phi) is 7.53. The van der Waals surface area contributed by atoms with E-state index in [0.29, 0.717) is 0 Å². The number of hydrogen-bond acceptors (Lipinski definition) is 1. The third kappa shape index (κ3) is 5.34. The second-order valence-corrected chi connectivity index (χ2v) is 12.6. The van der Waals surface area contributed by atoms with Gasteiger partial charge in [-0.05, 0) is 88.0 Å². The SMILES string of the molecule is c1ccc(-c2ccc(-c3ccc(N(c4ccccc4)c4cccc5c4c4ccccc4n5-c4ccc(-c5ccccc5)cc4)cc3)cc2)cc1. The van der Waals surface area contributed by atoms with Crippen LogP contribution in [-0.2, 0) is 0 Å². The highest BCUT2D eigenvalue weighted by atomic mass is 15.1. The molecule has 9 aromatic rings. The second kappa shape index (κ2) is 12.8. The molecular weight excluding hydrogens is 605 g/mol. The van der Waals surface area contributed by atoms with E-state index in [-0.39, 0.29) is 0 Å². The van der Waals surface area contributed by atoms with Crippen molar-refractivity contribution in [1.82, 2.24) is 4.57 Å². The fourth-order valence-corrected chi connectivity index (χ4v) is 7.19. The molecule has 2 heteroatoms. The van der Waals surface area contributed by atoms with Gasteiger partial charge in [-0.25, -0.2) is 0 Å². The van der Waals surface area contributed by atoms with Crippen LogP contribution in [0.25, 0.3) is 60.9 Å². The van der Waals surface area contributed by atoms with Crippen LogP contribution in [0.15, 0.2) is 206 Å². The van der Waals surface area contributed by atoms with Gasteiger partial charge in [-0.1, -0.05) is 152 Å². The van der Waals surface area contributed by atoms with Crippen molar-refractivity contribution in [3.8, 4) is 39.1 Å². The summed E-state index contributed by atoms with van der Waals surface area (Å²) in [6.45, 7) is 0. The van der Waals surface area contributed by atoms with Crippen LogP contribution in [0.5, 0.6) is 0 Å². The summed E-state index contributed by atoms with van der Waals surface area (Å²) >= 11 is 0. The van der Waals surface area contributed by atoms with Gasteiger partial charge in [-0.3, -0.25) is 0 Å². The quantitative estimate of drug-likeness (QED) is 0.169. The van der Waals surface area contributed by atoms with E-state index < -0.39 is 0 Å². The number of rotatable bonds is 7. The smallest absolute Gasteiger partial charge is 0.0562 e. The first kappa shape index (κ1) is 29.5. The topological polar surface area (TPSA) is 8.17 Å². The van der Waals surface area contributed by atoms with Crippen molar-refractivity contribution in [2.45, 2.75) is 0 Å². The standard InChI is InChI=1S/C48H34N2/c1-4-13-35(14-5-1)37-23-25-38(26-24-37)40-27-31-42(32-28-40)49(41-17-8-3-9-18-41)46-21-12-22-47-48(46)44-19-10-11-20-45(44)50(47)43-33-29-39(30-34-43)36-15-6-2-7-16-36/h1-34H. The molecular formula is C48H34N2. The summed E-state index contributed by atoms with van der Waals surface area (Å²) in [5, 5.41) is 2.45. The Morgan fingerprint density at radius 2 is 0.720 bits per heavy atom. The molecule has 1 heterocycles. The lowest BCUT2D eigenvalue weighted by Gasteiger charge is -2.26. The molecule has 0 amide bonds. The second-order valence-electron chi connectivity index (χ2n) is 12.6. The zero-order valence-electron chi connectivity index (χ0n) is 27.5. The van der Waals surface area contributed by atoms with Gasteiger partial charge in [0.2, 0.25) is 0 Å². The number of fused-ring (bicyclic) bond motifs is 3. The van der Waals surface area contributed by atoms with E-state index in [9.17, 15) is 0 Å². The molecule has 2 nitrogen and oxygen atoms in total. The van der Waals surface area contributed by atoms with Crippen molar-refractivity contribution < 1.29 is 0 Å². The van der Waals surface area contributed by atoms with E-state index in [1.54, 1.807) is 0 Å². The van der Waals surface area contributed by atoms with Crippen LogP contribution in [0, 0.1) is 0 Å². The van der Waals surface area contributed by atoms with Gasteiger partial charge < -0.3 is 9.47 Å². The average Bonchev–Trinajstić information content (AvgIpc) is 3.55. The average molecular weight is 639 g/mol. The minimum Gasteiger partial charge on any atom is -0.310 e. The Morgan fingerprint density at radius 1 is 0.300 bits per heavy atom. The van der Waals surface area contributed by atoms with Gasteiger partial charge in [0.1, 0.15) is 0 Å². The fraction of sp³-hybridized carbons (Fsp3) is 0. The summed E-state index contributed by atoms with van der Waals surface area (Å²) < 4.78 is 2.40. The molecule has 0 atom stereocenters. The summed E-state index contributed by atoms with van der Waals surface area (Å²) in [7, 11) is 0. The summed E-state index contributed by atoms with van der Waals surface area (Å²) in [4.78, 5) is 2.39. The Balaban J connectivity index is 1.15. The first-order valence-corrected chi connectivity index (χ1v) is 17.1. The third-order valence-electron chi connectivity index (χ3n) is 9.61. The van der Waals surface area contributed by atoms with Gasteiger partial charge in [-0.15, -0.1) is 0 Å². The van der Waals surface area contributed by atoms with Gasteiger partial charge >= 0.3 is 0 Å². The van der Waals surface area contributed by atoms with Crippen molar-refractivity contribution in [3.63, 3.8) is 0 Å².